The van der Waals surface area contributed by atoms with Gasteiger partial charge in [-0.2, -0.15) is 0 Å². The summed E-state index contributed by atoms with van der Waals surface area (Å²) in [6.45, 7) is 10.9. The zero-order chi connectivity index (χ0) is 14.4. The van der Waals surface area contributed by atoms with Crippen LogP contribution in [0.25, 0.3) is 0 Å². The lowest BCUT2D eigenvalue weighted by molar-refractivity contribution is 0.129. The topological polar surface area (TPSA) is 15.3 Å². The molecular weight excluding hydrogens is 244 g/mol. The molecule has 20 heavy (non-hydrogen) atoms. The molecule has 0 radical (unpaired) electrons. The van der Waals surface area contributed by atoms with E-state index in [2.05, 4.69) is 31.0 Å². The molecule has 2 heteroatoms. The van der Waals surface area contributed by atoms with Crippen LogP contribution in [0.3, 0.4) is 0 Å². The summed E-state index contributed by atoms with van der Waals surface area (Å²) in [4.78, 5) is 2.81. The highest BCUT2D eigenvalue weighted by molar-refractivity contribution is 4.89. The molecule has 0 aromatic rings. The Kier molecular flexibility index (Phi) is 6.83. The second kappa shape index (κ2) is 8.38. The van der Waals surface area contributed by atoms with E-state index >= 15 is 0 Å². The van der Waals surface area contributed by atoms with Crippen molar-refractivity contribution < 1.29 is 0 Å². The van der Waals surface area contributed by atoms with Crippen LogP contribution in [-0.2, 0) is 0 Å². The van der Waals surface area contributed by atoms with Crippen molar-refractivity contribution in [1.82, 2.24) is 10.2 Å². The van der Waals surface area contributed by atoms with Crippen molar-refractivity contribution in [3.63, 3.8) is 0 Å². The minimum absolute atomic E-state index is 0.788. The van der Waals surface area contributed by atoms with Crippen LogP contribution >= 0.6 is 0 Å². The fourth-order valence-electron chi connectivity index (χ4n) is 4.43. The van der Waals surface area contributed by atoms with E-state index in [-0.39, 0.29) is 0 Å². The second-order valence-electron chi connectivity index (χ2n) is 7.11. The lowest BCUT2D eigenvalue weighted by Gasteiger charge is -2.39. The number of nitrogens with zero attached hydrogens (tertiary/aromatic N) is 1. The molecule has 1 aliphatic carbocycles. The lowest BCUT2D eigenvalue weighted by Crippen LogP contribution is -2.47. The maximum absolute atomic E-state index is 3.85. The van der Waals surface area contributed by atoms with Crippen molar-refractivity contribution >= 4 is 0 Å². The predicted molar refractivity (Wildman–Crippen MR) is 88.1 cm³/mol. The maximum Gasteiger partial charge on any atom is 0.0108 e. The van der Waals surface area contributed by atoms with Gasteiger partial charge < -0.3 is 10.2 Å². The van der Waals surface area contributed by atoms with Crippen LogP contribution in [0.5, 0.6) is 0 Å². The van der Waals surface area contributed by atoms with Gasteiger partial charge in [0.2, 0.25) is 0 Å². The number of hydrogen-bond acceptors (Lipinski definition) is 2. The number of likely N-dealkylation sites (tertiary alicyclic amines) is 1. The molecule has 0 aromatic heterocycles. The largest absolute Gasteiger partial charge is 0.314 e. The van der Waals surface area contributed by atoms with Gasteiger partial charge in [0.05, 0.1) is 0 Å². The Labute approximate surface area is 126 Å². The summed E-state index contributed by atoms with van der Waals surface area (Å²) in [5, 5.41) is 3.85. The molecular formula is C18H36N2. The molecule has 1 aliphatic heterocycles. The molecule has 4 unspecified atom stereocenters. The van der Waals surface area contributed by atoms with E-state index in [0.717, 1.165) is 23.9 Å². The van der Waals surface area contributed by atoms with Crippen LogP contribution in [0.1, 0.15) is 72.1 Å². The Morgan fingerprint density at radius 1 is 1.05 bits per heavy atom. The smallest absolute Gasteiger partial charge is 0.0108 e. The molecule has 2 fully saturated rings. The summed E-state index contributed by atoms with van der Waals surface area (Å²) < 4.78 is 0. The van der Waals surface area contributed by atoms with Gasteiger partial charge in [-0.3, -0.25) is 0 Å². The van der Waals surface area contributed by atoms with Crippen molar-refractivity contribution in [3.8, 4) is 0 Å². The van der Waals surface area contributed by atoms with Gasteiger partial charge in [0.1, 0.15) is 0 Å². The summed E-state index contributed by atoms with van der Waals surface area (Å²) >= 11 is 0. The van der Waals surface area contributed by atoms with Crippen molar-refractivity contribution in [1.29, 1.82) is 0 Å². The lowest BCUT2D eigenvalue weighted by atomic mass is 9.76. The zero-order valence-corrected chi connectivity index (χ0v) is 14.0. The second-order valence-corrected chi connectivity index (χ2v) is 7.11. The van der Waals surface area contributed by atoms with Crippen LogP contribution in [0.2, 0.25) is 0 Å². The quantitative estimate of drug-likeness (QED) is 0.756. The average molecular weight is 280 g/mol. The monoisotopic (exact) mass is 280 g/mol. The van der Waals surface area contributed by atoms with Crippen LogP contribution in [0.15, 0.2) is 0 Å². The highest BCUT2D eigenvalue weighted by atomic mass is 15.2. The van der Waals surface area contributed by atoms with Crippen molar-refractivity contribution in [2.75, 3.05) is 19.6 Å². The Morgan fingerprint density at radius 3 is 2.60 bits per heavy atom. The summed E-state index contributed by atoms with van der Waals surface area (Å²) in [5.74, 6) is 1.88. The van der Waals surface area contributed by atoms with Gasteiger partial charge in [-0.25, -0.2) is 0 Å². The number of nitrogens with one attached hydrogen (secondary N) is 1. The molecule has 1 saturated carbocycles. The van der Waals surface area contributed by atoms with Gasteiger partial charge in [0.15, 0.2) is 0 Å². The van der Waals surface area contributed by atoms with Gasteiger partial charge >= 0.3 is 0 Å². The highest BCUT2D eigenvalue weighted by Crippen LogP contribution is 2.33. The van der Waals surface area contributed by atoms with E-state index in [9.17, 15) is 0 Å². The van der Waals surface area contributed by atoms with Crippen molar-refractivity contribution in [2.45, 2.75) is 84.2 Å². The summed E-state index contributed by atoms with van der Waals surface area (Å²) in [6, 6.07) is 1.67. The van der Waals surface area contributed by atoms with Crippen molar-refractivity contribution in [3.05, 3.63) is 0 Å². The van der Waals surface area contributed by atoms with Gasteiger partial charge in [-0.15, -0.1) is 0 Å². The third-order valence-electron chi connectivity index (χ3n) is 5.76. The van der Waals surface area contributed by atoms with E-state index in [0.29, 0.717) is 0 Å². The first kappa shape index (κ1) is 16.3. The SMILES string of the molecule is CCCNC1CCC(CC)CC1CN1CCCC1CC. The molecule has 1 heterocycles. The Morgan fingerprint density at radius 2 is 1.90 bits per heavy atom. The first-order valence-electron chi connectivity index (χ1n) is 9.25. The minimum atomic E-state index is 0.788. The number of hydrogen-bond donors (Lipinski definition) is 1. The first-order chi connectivity index (χ1) is 9.78. The summed E-state index contributed by atoms with van der Waals surface area (Å²) in [7, 11) is 0. The normalized spacial score (nSPS) is 35.5. The molecule has 2 nitrogen and oxygen atoms in total. The molecule has 0 spiro atoms. The zero-order valence-electron chi connectivity index (χ0n) is 14.0. The fraction of sp³-hybridized carbons (Fsp3) is 1.00. The maximum atomic E-state index is 3.85. The van der Waals surface area contributed by atoms with E-state index in [1.165, 1.54) is 71.0 Å². The molecule has 1 N–H and O–H groups in total. The van der Waals surface area contributed by atoms with Crippen molar-refractivity contribution in [2.24, 2.45) is 11.8 Å². The Balaban J connectivity index is 1.91. The van der Waals surface area contributed by atoms with E-state index < -0.39 is 0 Å². The van der Waals surface area contributed by atoms with E-state index in [1.54, 1.807) is 0 Å². The molecule has 118 valence electrons. The standard InChI is InChI=1S/C18H36N2/c1-4-11-19-18-10-9-15(5-2)13-16(18)14-20-12-7-8-17(20)6-3/h15-19H,4-14H2,1-3H3. The van der Waals surface area contributed by atoms with Crippen LogP contribution in [-0.4, -0.2) is 36.6 Å². The van der Waals surface area contributed by atoms with E-state index in [1.807, 2.05) is 0 Å². The van der Waals surface area contributed by atoms with E-state index in [4.69, 9.17) is 0 Å². The Hall–Kier alpha value is -0.0800. The van der Waals surface area contributed by atoms with Crippen LogP contribution in [0.4, 0.5) is 0 Å². The van der Waals surface area contributed by atoms with Gasteiger partial charge in [-0.05, 0) is 69.9 Å². The molecule has 2 rings (SSSR count). The third kappa shape index (κ3) is 4.21. The predicted octanol–water partition coefficient (Wildman–Crippen LogP) is 4.06. The minimum Gasteiger partial charge on any atom is -0.314 e. The van der Waals surface area contributed by atoms with Gasteiger partial charge in [0.25, 0.3) is 0 Å². The molecule has 1 saturated heterocycles. The number of rotatable bonds is 7. The fourth-order valence-corrected chi connectivity index (χ4v) is 4.43. The average Bonchev–Trinajstić information content (AvgIpc) is 2.93. The highest BCUT2D eigenvalue weighted by Gasteiger charge is 2.33. The van der Waals surface area contributed by atoms with Gasteiger partial charge in [0, 0.05) is 18.6 Å². The Bertz CT molecular complexity index is 266. The summed E-state index contributed by atoms with van der Waals surface area (Å²) in [5.41, 5.74) is 0. The van der Waals surface area contributed by atoms with Gasteiger partial charge in [-0.1, -0.05) is 27.2 Å². The molecule has 0 bridgehead atoms. The molecule has 2 aliphatic rings. The van der Waals surface area contributed by atoms with Crippen LogP contribution in [0, 0.1) is 11.8 Å². The summed E-state index contributed by atoms with van der Waals surface area (Å²) in [6.07, 6.45) is 11.2. The molecule has 0 aromatic carbocycles. The first-order valence-corrected chi connectivity index (χ1v) is 9.25. The molecule has 4 atom stereocenters. The molecule has 0 amide bonds. The third-order valence-corrected chi connectivity index (χ3v) is 5.76. The van der Waals surface area contributed by atoms with Crippen LogP contribution < -0.4 is 5.32 Å².